The zero-order chi connectivity index (χ0) is 13.0. The average molecular weight is 248 g/mol. The van der Waals surface area contributed by atoms with Gasteiger partial charge in [0.1, 0.15) is 5.75 Å². The predicted octanol–water partition coefficient (Wildman–Crippen LogP) is 1.66. The van der Waals surface area contributed by atoms with Gasteiger partial charge in [0.25, 0.3) is 0 Å². The van der Waals surface area contributed by atoms with Gasteiger partial charge in [-0.15, -0.1) is 0 Å². The Morgan fingerprint density at radius 1 is 1.50 bits per heavy atom. The van der Waals surface area contributed by atoms with E-state index in [2.05, 4.69) is 5.32 Å². The van der Waals surface area contributed by atoms with Crippen LogP contribution in [0, 0.1) is 5.92 Å². The molecule has 0 radical (unpaired) electrons. The molecule has 1 aliphatic heterocycles. The Morgan fingerprint density at radius 3 is 3.06 bits per heavy atom. The number of para-hydroxylation sites is 2. The van der Waals surface area contributed by atoms with Crippen LogP contribution in [0.5, 0.6) is 5.75 Å². The van der Waals surface area contributed by atoms with E-state index < -0.39 is 0 Å². The van der Waals surface area contributed by atoms with Crippen LogP contribution >= 0.6 is 0 Å². The standard InChI is InChI=1S/C14H20N2O2/c1-11(10-15-2)14(17)16-8-5-9-18-13-7-4-3-6-12(13)16/h3-4,6-7,11,15H,5,8-10H2,1-2H3. The van der Waals surface area contributed by atoms with Crippen molar-refractivity contribution in [1.29, 1.82) is 0 Å². The summed E-state index contributed by atoms with van der Waals surface area (Å²) in [5.74, 6) is 0.934. The van der Waals surface area contributed by atoms with Crippen LogP contribution in [-0.4, -0.2) is 32.7 Å². The van der Waals surface area contributed by atoms with E-state index in [1.165, 1.54) is 0 Å². The normalized spacial score (nSPS) is 16.4. The molecule has 4 nitrogen and oxygen atoms in total. The van der Waals surface area contributed by atoms with Gasteiger partial charge in [0.15, 0.2) is 0 Å². The number of nitrogens with one attached hydrogen (secondary N) is 1. The molecule has 0 bridgehead atoms. The van der Waals surface area contributed by atoms with Gasteiger partial charge in [0, 0.05) is 19.0 Å². The van der Waals surface area contributed by atoms with Gasteiger partial charge in [-0.1, -0.05) is 19.1 Å². The van der Waals surface area contributed by atoms with Crippen molar-refractivity contribution in [3.05, 3.63) is 24.3 Å². The fourth-order valence-corrected chi connectivity index (χ4v) is 2.22. The molecular formula is C14H20N2O2. The van der Waals surface area contributed by atoms with E-state index in [-0.39, 0.29) is 11.8 Å². The van der Waals surface area contributed by atoms with Gasteiger partial charge >= 0.3 is 0 Å². The molecule has 1 N–H and O–H groups in total. The molecule has 1 aromatic rings. The number of hydrogen-bond acceptors (Lipinski definition) is 3. The quantitative estimate of drug-likeness (QED) is 0.884. The zero-order valence-corrected chi connectivity index (χ0v) is 11.0. The minimum absolute atomic E-state index is 0.0267. The Kier molecular flexibility index (Phi) is 4.20. The first-order valence-electron chi connectivity index (χ1n) is 6.42. The van der Waals surface area contributed by atoms with E-state index in [1.54, 1.807) is 0 Å². The first kappa shape index (κ1) is 12.9. The van der Waals surface area contributed by atoms with E-state index in [0.29, 0.717) is 13.2 Å². The molecule has 98 valence electrons. The van der Waals surface area contributed by atoms with E-state index in [9.17, 15) is 4.79 Å². The van der Waals surface area contributed by atoms with Crippen LogP contribution in [0.4, 0.5) is 5.69 Å². The number of carbonyl (C=O) groups is 1. The lowest BCUT2D eigenvalue weighted by atomic mass is 10.1. The smallest absolute Gasteiger partial charge is 0.231 e. The Morgan fingerprint density at radius 2 is 2.28 bits per heavy atom. The van der Waals surface area contributed by atoms with Crippen molar-refractivity contribution in [1.82, 2.24) is 5.32 Å². The highest BCUT2D eigenvalue weighted by Crippen LogP contribution is 2.31. The maximum atomic E-state index is 12.4. The number of carbonyl (C=O) groups excluding carboxylic acids is 1. The number of anilines is 1. The Bertz CT molecular complexity index is 420. The van der Waals surface area contributed by atoms with Crippen LogP contribution in [-0.2, 0) is 4.79 Å². The molecule has 0 fully saturated rings. The topological polar surface area (TPSA) is 41.6 Å². The zero-order valence-electron chi connectivity index (χ0n) is 11.0. The van der Waals surface area contributed by atoms with Gasteiger partial charge in [-0.2, -0.15) is 0 Å². The molecule has 0 spiro atoms. The highest BCUT2D eigenvalue weighted by molar-refractivity contribution is 5.96. The second kappa shape index (κ2) is 5.87. The van der Waals surface area contributed by atoms with Gasteiger partial charge in [-0.25, -0.2) is 0 Å². The highest BCUT2D eigenvalue weighted by Gasteiger charge is 2.25. The summed E-state index contributed by atoms with van der Waals surface area (Å²) >= 11 is 0. The van der Waals surface area contributed by atoms with Crippen LogP contribution < -0.4 is 15.0 Å². The molecule has 0 saturated carbocycles. The summed E-state index contributed by atoms with van der Waals surface area (Å²) in [6, 6.07) is 7.74. The second-order valence-corrected chi connectivity index (χ2v) is 4.62. The number of ether oxygens (including phenoxy) is 1. The van der Waals surface area contributed by atoms with E-state index in [1.807, 2.05) is 43.1 Å². The Hall–Kier alpha value is -1.55. The van der Waals surface area contributed by atoms with Crippen molar-refractivity contribution in [3.8, 4) is 5.75 Å². The van der Waals surface area contributed by atoms with Crippen molar-refractivity contribution >= 4 is 11.6 Å². The van der Waals surface area contributed by atoms with Gasteiger partial charge in [0.2, 0.25) is 5.91 Å². The summed E-state index contributed by atoms with van der Waals surface area (Å²) in [5, 5.41) is 3.05. The van der Waals surface area contributed by atoms with Crippen LogP contribution in [0.15, 0.2) is 24.3 Å². The average Bonchev–Trinajstić information content (AvgIpc) is 2.60. The summed E-state index contributed by atoms with van der Waals surface area (Å²) < 4.78 is 5.66. The fourth-order valence-electron chi connectivity index (χ4n) is 2.22. The Balaban J connectivity index is 2.24. The van der Waals surface area contributed by atoms with Crippen molar-refractivity contribution in [3.63, 3.8) is 0 Å². The van der Waals surface area contributed by atoms with Crippen molar-refractivity contribution in [2.24, 2.45) is 5.92 Å². The predicted molar refractivity (Wildman–Crippen MR) is 72.0 cm³/mol. The van der Waals surface area contributed by atoms with Crippen molar-refractivity contribution in [2.75, 3.05) is 31.6 Å². The molecule has 0 aliphatic carbocycles. The summed E-state index contributed by atoms with van der Waals surface area (Å²) in [6.45, 7) is 4.04. The fraction of sp³-hybridized carbons (Fsp3) is 0.500. The number of rotatable bonds is 3. The molecule has 4 heteroatoms. The number of benzene rings is 1. The highest BCUT2D eigenvalue weighted by atomic mass is 16.5. The molecule has 2 rings (SSSR count). The molecule has 1 aliphatic rings. The number of hydrogen-bond donors (Lipinski definition) is 1. The number of amides is 1. The summed E-state index contributed by atoms with van der Waals surface area (Å²) in [5.41, 5.74) is 0.892. The molecule has 1 atom stereocenters. The molecule has 0 saturated heterocycles. The first-order valence-corrected chi connectivity index (χ1v) is 6.42. The Labute approximate surface area is 108 Å². The minimum atomic E-state index is -0.0267. The first-order chi connectivity index (χ1) is 8.74. The van der Waals surface area contributed by atoms with E-state index >= 15 is 0 Å². The number of nitrogens with zero attached hydrogens (tertiary/aromatic N) is 1. The van der Waals surface area contributed by atoms with Gasteiger partial charge in [0.05, 0.1) is 12.3 Å². The van der Waals surface area contributed by atoms with Crippen LogP contribution in [0.25, 0.3) is 0 Å². The van der Waals surface area contributed by atoms with E-state index in [0.717, 1.165) is 24.4 Å². The largest absolute Gasteiger partial charge is 0.491 e. The minimum Gasteiger partial charge on any atom is -0.491 e. The summed E-state index contributed by atoms with van der Waals surface area (Å²) in [7, 11) is 1.86. The lowest BCUT2D eigenvalue weighted by molar-refractivity contribution is -0.121. The summed E-state index contributed by atoms with van der Waals surface area (Å²) in [6.07, 6.45) is 0.868. The van der Waals surface area contributed by atoms with Gasteiger partial charge in [-0.3, -0.25) is 4.79 Å². The molecule has 1 amide bonds. The van der Waals surface area contributed by atoms with Crippen LogP contribution in [0.2, 0.25) is 0 Å². The molecule has 1 unspecified atom stereocenters. The molecular weight excluding hydrogens is 228 g/mol. The van der Waals surface area contributed by atoms with Gasteiger partial charge in [-0.05, 0) is 25.6 Å². The maximum Gasteiger partial charge on any atom is 0.231 e. The maximum absolute atomic E-state index is 12.4. The second-order valence-electron chi connectivity index (χ2n) is 4.62. The molecule has 1 aromatic carbocycles. The summed E-state index contributed by atoms with van der Waals surface area (Å²) in [4.78, 5) is 14.3. The SMILES string of the molecule is CNCC(C)C(=O)N1CCCOc2ccccc21. The lowest BCUT2D eigenvalue weighted by Gasteiger charge is -2.24. The lowest BCUT2D eigenvalue weighted by Crippen LogP contribution is -2.39. The van der Waals surface area contributed by atoms with Crippen LogP contribution in [0.3, 0.4) is 0 Å². The third kappa shape index (κ3) is 2.64. The van der Waals surface area contributed by atoms with Crippen LogP contribution in [0.1, 0.15) is 13.3 Å². The third-order valence-electron chi connectivity index (χ3n) is 3.14. The van der Waals surface area contributed by atoms with Crippen molar-refractivity contribution in [2.45, 2.75) is 13.3 Å². The van der Waals surface area contributed by atoms with E-state index in [4.69, 9.17) is 4.74 Å². The number of fused-ring (bicyclic) bond motifs is 1. The third-order valence-corrected chi connectivity index (χ3v) is 3.14. The molecule has 18 heavy (non-hydrogen) atoms. The van der Waals surface area contributed by atoms with Gasteiger partial charge < -0.3 is 15.0 Å². The monoisotopic (exact) mass is 248 g/mol. The molecule has 0 aromatic heterocycles. The molecule has 1 heterocycles. The van der Waals surface area contributed by atoms with Crippen molar-refractivity contribution < 1.29 is 9.53 Å².